The van der Waals surface area contributed by atoms with Crippen molar-refractivity contribution in [3.05, 3.63) is 35.9 Å². The summed E-state index contributed by atoms with van der Waals surface area (Å²) in [6, 6.07) is 9.50. The van der Waals surface area contributed by atoms with E-state index in [1.54, 1.807) is 0 Å². The molecule has 5 heteroatoms. The monoisotopic (exact) mass is 257 g/mol. The summed E-state index contributed by atoms with van der Waals surface area (Å²) in [6.07, 6.45) is 0.637. The van der Waals surface area contributed by atoms with Gasteiger partial charge in [0.15, 0.2) is 0 Å². The van der Waals surface area contributed by atoms with Crippen molar-refractivity contribution in [1.29, 1.82) is 0 Å². The van der Waals surface area contributed by atoms with E-state index < -0.39 is 15.3 Å². The molecule has 0 aromatic heterocycles. The molecule has 1 rings (SSSR count). The van der Waals surface area contributed by atoms with Gasteiger partial charge >= 0.3 is 0 Å². The molecule has 0 saturated heterocycles. The summed E-state index contributed by atoms with van der Waals surface area (Å²) < 4.78 is 25.9. The standard InChI is InChI=1S/C12H19NO3S/c1-10(8-12-6-4-3-5-7-12)13-17(15,16)11(2)9-14/h3-7,10-11,13-14H,8-9H2,1-2H3. The van der Waals surface area contributed by atoms with Gasteiger partial charge in [0.1, 0.15) is 0 Å². The van der Waals surface area contributed by atoms with E-state index in [0.29, 0.717) is 6.42 Å². The second kappa shape index (κ2) is 6.14. The van der Waals surface area contributed by atoms with Crippen molar-refractivity contribution in [2.75, 3.05) is 6.61 Å². The molecule has 2 unspecified atom stereocenters. The van der Waals surface area contributed by atoms with Crippen molar-refractivity contribution in [2.24, 2.45) is 0 Å². The highest BCUT2D eigenvalue weighted by molar-refractivity contribution is 7.90. The lowest BCUT2D eigenvalue weighted by Crippen LogP contribution is -2.40. The normalized spacial score (nSPS) is 15.5. The third-order valence-corrected chi connectivity index (χ3v) is 4.48. The first-order valence-electron chi connectivity index (χ1n) is 5.61. The lowest BCUT2D eigenvalue weighted by atomic mass is 10.1. The van der Waals surface area contributed by atoms with E-state index in [4.69, 9.17) is 5.11 Å². The van der Waals surface area contributed by atoms with Crippen LogP contribution in [-0.2, 0) is 16.4 Å². The van der Waals surface area contributed by atoms with Crippen LogP contribution in [0.1, 0.15) is 19.4 Å². The van der Waals surface area contributed by atoms with E-state index in [-0.39, 0.29) is 12.6 Å². The van der Waals surface area contributed by atoms with E-state index in [0.717, 1.165) is 5.56 Å². The van der Waals surface area contributed by atoms with Gasteiger partial charge in [0.2, 0.25) is 10.0 Å². The third kappa shape index (κ3) is 4.46. The third-order valence-electron chi connectivity index (χ3n) is 2.54. The minimum Gasteiger partial charge on any atom is -0.395 e. The molecule has 1 aromatic carbocycles. The van der Waals surface area contributed by atoms with E-state index >= 15 is 0 Å². The van der Waals surface area contributed by atoms with Gasteiger partial charge in [0.25, 0.3) is 0 Å². The molecule has 2 atom stereocenters. The largest absolute Gasteiger partial charge is 0.395 e. The molecule has 0 radical (unpaired) electrons. The predicted octanol–water partition coefficient (Wildman–Crippen LogP) is 0.918. The van der Waals surface area contributed by atoms with Crippen LogP contribution in [0.2, 0.25) is 0 Å². The minimum atomic E-state index is -3.43. The molecule has 1 aromatic rings. The van der Waals surface area contributed by atoms with Crippen molar-refractivity contribution < 1.29 is 13.5 Å². The van der Waals surface area contributed by atoms with Gasteiger partial charge in [-0.05, 0) is 25.8 Å². The molecule has 17 heavy (non-hydrogen) atoms. The van der Waals surface area contributed by atoms with E-state index in [1.165, 1.54) is 6.92 Å². The predicted molar refractivity (Wildman–Crippen MR) is 68.2 cm³/mol. The van der Waals surface area contributed by atoms with Crippen molar-refractivity contribution in [3.63, 3.8) is 0 Å². The number of rotatable bonds is 6. The van der Waals surface area contributed by atoms with Crippen LogP contribution >= 0.6 is 0 Å². The van der Waals surface area contributed by atoms with Crippen LogP contribution in [0, 0.1) is 0 Å². The Morgan fingerprint density at radius 3 is 2.35 bits per heavy atom. The zero-order valence-corrected chi connectivity index (χ0v) is 10.9. The maximum absolute atomic E-state index is 11.7. The van der Waals surface area contributed by atoms with E-state index in [2.05, 4.69) is 4.72 Å². The van der Waals surface area contributed by atoms with Crippen LogP contribution < -0.4 is 4.72 Å². The molecule has 0 amide bonds. The van der Waals surface area contributed by atoms with Crippen LogP contribution in [-0.4, -0.2) is 31.4 Å². The molecule has 0 aliphatic carbocycles. The summed E-state index contributed by atoms with van der Waals surface area (Å²) in [6.45, 7) is 2.93. The first kappa shape index (κ1) is 14.2. The van der Waals surface area contributed by atoms with Crippen molar-refractivity contribution in [2.45, 2.75) is 31.6 Å². The molecule has 0 aliphatic heterocycles. The number of hydrogen-bond acceptors (Lipinski definition) is 3. The van der Waals surface area contributed by atoms with Crippen LogP contribution in [0.5, 0.6) is 0 Å². The van der Waals surface area contributed by atoms with Gasteiger partial charge < -0.3 is 5.11 Å². The molecule has 0 heterocycles. The zero-order valence-electron chi connectivity index (χ0n) is 10.1. The van der Waals surface area contributed by atoms with Crippen molar-refractivity contribution in [1.82, 2.24) is 4.72 Å². The van der Waals surface area contributed by atoms with Gasteiger partial charge in [-0.3, -0.25) is 0 Å². The topological polar surface area (TPSA) is 66.4 Å². The molecule has 0 saturated carbocycles. The van der Waals surface area contributed by atoms with Crippen LogP contribution in [0.4, 0.5) is 0 Å². The number of aliphatic hydroxyl groups is 1. The summed E-state index contributed by atoms with van der Waals surface area (Å²) >= 11 is 0. The number of benzene rings is 1. The van der Waals surface area contributed by atoms with Crippen molar-refractivity contribution in [3.8, 4) is 0 Å². The van der Waals surface area contributed by atoms with Gasteiger partial charge in [-0.15, -0.1) is 0 Å². The molecule has 0 spiro atoms. The van der Waals surface area contributed by atoms with Crippen LogP contribution in [0.25, 0.3) is 0 Å². The summed E-state index contributed by atoms with van der Waals surface area (Å²) in [5, 5.41) is 8.08. The Labute approximate surface area is 103 Å². The summed E-state index contributed by atoms with van der Waals surface area (Å²) in [5.74, 6) is 0. The molecular weight excluding hydrogens is 238 g/mol. The first-order chi connectivity index (χ1) is 7.95. The maximum atomic E-state index is 11.7. The Bertz CT molecular complexity index is 430. The maximum Gasteiger partial charge on any atom is 0.216 e. The first-order valence-corrected chi connectivity index (χ1v) is 7.16. The van der Waals surface area contributed by atoms with E-state index in [9.17, 15) is 8.42 Å². The number of nitrogens with one attached hydrogen (secondary N) is 1. The molecule has 4 nitrogen and oxygen atoms in total. The lowest BCUT2D eigenvalue weighted by Gasteiger charge is -2.17. The summed E-state index contributed by atoms with van der Waals surface area (Å²) in [7, 11) is -3.43. The molecular formula is C12H19NO3S. The van der Waals surface area contributed by atoms with Gasteiger partial charge in [-0.1, -0.05) is 30.3 Å². The summed E-state index contributed by atoms with van der Waals surface area (Å²) in [5.41, 5.74) is 1.08. The molecule has 96 valence electrons. The Kier molecular flexibility index (Phi) is 5.11. The lowest BCUT2D eigenvalue weighted by molar-refractivity contribution is 0.294. The molecule has 0 bridgehead atoms. The van der Waals surface area contributed by atoms with Gasteiger partial charge in [-0.25, -0.2) is 13.1 Å². The fourth-order valence-corrected chi connectivity index (χ4v) is 2.58. The molecule has 0 aliphatic rings. The second-order valence-corrected chi connectivity index (χ2v) is 6.38. The van der Waals surface area contributed by atoms with E-state index in [1.807, 2.05) is 37.3 Å². The fraction of sp³-hybridized carbons (Fsp3) is 0.500. The Balaban J connectivity index is 2.59. The molecule has 0 fully saturated rings. The molecule has 2 N–H and O–H groups in total. The highest BCUT2D eigenvalue weighted by Crippen LogP contribution is 2.05. The van der Waals surface area contributed by atoms with Crippen LogP contribution in [0.3, 0.4) is 0 Å². The Morgan fingerprint density at radius 1 is 1.24 bits per heavy atom. The van der Waals surface area contributed by atoms with Crippen LogP contribution in [0.15, 0.2) is 30.3 Å². The Hall–Kier alpha value is -0.910. The zero-order chi connectivity index (χ0) is 12.9. The number of hydrogen-bond donors (Lipinski definition) is 2. The highest BCUT2D eigenvalue weighted by Gasteiger charge is 2.21. The number of aliphatic hydroxyl groups excluding tert-OH is 1. The highest BCUT2D eigenvalue weighted by atomic mass is 32.2. The smallest absolute Gasteiger partial charge is 0.216 e. The van der Waals surface area contributed by atoms with Gasteiger partial charge in [0, 0.05) is 6.04 Å². The average molecular weight is 257 g/mol. The quantitative estimate of drug-likeness (QED) is 0.796. The minimum absolute atomic E-state index is 0.184. The van der Waals surface area contributed by atoms with Crippen molar-refractivity contribution >= 4 is 10.0 Å². The average Bonchev–Trinajstić information content (AvgIpc) is 2.28. The number of sulfonamides is 1. The SMILES string of the molecule is CC(Cc1ccccc1)NS(=O)(=O)C(C)CO. The van der Waals surface area contributed by atoms with Gasteiger partial charge in [-0.2, -0.15) is 0 Å². The summed E-state index contributed by atoms with van der Waals surface area (Å²) in [4.78, 5) is 0. The second-order valence-electron chi connectivity index (χ2n) is 4.25. The Morgan fingerprint density at radius 2 is 1.82 bits per heavy atom. The van der Waals surface area contributed by atoms with Gasteiger partial charge in [0.05, 0.1) is 11.9 Å². The fourth-order valence-electron chi connectivity index (χ4n) is 1.50.